The lowest BCUT2D eigenvalue weighted by Crippen LogP contribution is -2.28. The number of rotatable bonds is 4. The number of halogens is 3. The van der Waals surface area contributed by atoms with Gasteiger partial charge in [-0.3, -0.25) is 0 Å². The van der Waals surface area contributed by atoms with E-state index in [-0.39, 0.29) is 29.8 Å². The van der Waals surface area contributed by atoms with Crippen LogP contribution in [0.3, 0.4) is 0 Å². The molecule has 4 rings (SSSR count). The Morgan fingerprint density at radius 3 is 2.48 bits per heavy atom. The third-order valence-electron chi connectivity index (χ3n) is 5.10. The van der Waals surface area contributed by atoms with E-state index in [4.69, 9.17) is 10.5 Å². The first-order valence-electron chi connectivity index (χ1n) is 8.61. The first-order chi connectivity index (χ1) is 12.9. The van der Waals surface area contributed by atoms with Crippen LogP contribution in [-0.4, -0.2) is 17.7 Å². The van der Waals surface area contributed by atoms with Crippen molar-refractivity contribution >= 4 is 17.0 Å². The van der Waals surface area contributed by atoms with E-state index >= 15 is 0 Å². The summed E-state index contributed by atoms with van der Waals surface area (Å²) in [7, 11) is 0. The van der Waals surface area contributed by atoms with Gasteiger partial charge < -0.3 is 15.5 Å². The second kappa shape index (κ2) is 6.64. The van der Waals surface area contributed by atoms with E-state index in [0.29, 0.717) is 29.5 Å². The van der Waals surface area contributed by atoms with Crippen LogP contribution in [0, 0.1) is 23.4 Å². The highest BCUT2D eigenvalue weighted by Crippen LogP contribution is 2.48. The van der Waals surface area contributed by atoms with Gasteiger partial charge in [0.15, 0.2) is 0 Å². The molecule has 3 aromatic rings. The number of fused-ring (bicyclic) bond motifs is 1. The molecule has 0 spiro atoms. The zero-order valence-electron chi connectivity index (χ0n) is 14.3. The summed E-state index contributed by atoms with van der Waals surface area (Å²) in [5.41, 5.74) is 7.35. The monoisotopic (exact) mass is 374 g/mol. The van der Waals surface area contributed by atoms with Crippen LogP contribution in [0.4, 0.5) is 18.0 Å². The number of carbonyl (C=O) groups is 1. The minimum Gasteiger partial charge on any atom is -0.449 e. The largest absolute Gasteiger partial charge is 0.449 e. The van der Waals surface area contributed by atoms with Gasteiger partial charge in [-0.25, -0.2) is 18.0 Å². The van der Waals surface area contributed by atoms with Crippen LogP contribution in [0.15, 0.2) is 36.4 Å². The standard InChI is InChI=1S/C20H17F3N2O2/c21-13-3-1-11(2-4-13)18-17(12-5-10(6-12)9-27-20(24)26)15-7-14(22)8-16(23)19(15)25-18/h1-4,7-8,10,12,25H,5-6,9H2,(H2,24,26). The number of carbonyl (C=O) groups excluding carboxylic acids is 1. The molecule has 1 heterocycles. The molecule has 0 atom stereocenters. The molecule has 4 nitrogen and oxygen atoms in total. The number of nitrogens with two attached hydrogens (primary N) is 1. The van der Waals surface area contributed by atoms with E-state index in [0.717, 1.165) is 11.6 Å². The van der Waals surface area contributed by atoms with Gasteiger partial charge in [0, 0.05) is 11.5 Å². The first-order valence-corrected chi connectivity index (χ1v) is 8.61. The van der Waals surface area contributed by atoms with Crippen molar-refractivity contribution < 1.29 is 22.7 Å². The van der Waals surface area contributed by atoms with E-state index in [1.807, 2.05) is 0 Å². The fourth-order valence-corrected chi connectivity index (χ4v) is 3.82. The van der Waals surface area contributed by atoms with Crippen LogP contribution in [-0.2, 0) is 4.74 Å². The predicted molar refractivity (Wildman–Crippen MR) is 94.6 cm³/mol. The van der Waals surface area contributed by atoms with Gasteiger partial charge in [0.25, 0.3) is 0 Å². The molecule has 0 unspecified atom stereocenters. The van der Waals surface area contributed by atoms with E-state index in [9.17, 15) is 18.0 Å². The summed E-state index contributed by atoms with van der Waals surface area (Å²) in [5.74, 6) is -1.51. The Morgan fingerprint density at radius 2 is 1.81 bits per heavy atom. The number of aromatic nitrogens is 1. The fraction of sp³-hybridized carbons (Fsp3) is 0.250. The fourth-order valence-electron chi connectivity index (χ4n) is 3.82. The van der Waals surface area contributed by atoms with Gasteiger partial charge in [-0.05, 0) is 66.1 Å². The van der Waals surface area contributed by atoms with E-state index in [2.05, 4.69) is 4.98 Å². The average molecular weight is 374 g/mol. The normalized spacial score (nSPS) is 19.1. The maximum absolute atomic E-state index is 14.3. The maximum Gasteiger partial charge on any atom is 0.404 e. The quantitative estimate of drug-likeness (QED) is 0.686. The summed E-state index contributed by atoms with van der Waals surface area (Å²) in [6.07, 6.45) is 0.584. The van der Waals surface area contributed by atoms with Gasteiger partial charge in [0.2, 0.25) is 0 Å². The number of hydrogen-bond acceptors (Lipinski definition) is 2. The zero-order valence-corrected chi connectivity index (χ0v) is 14.3. The van der Waals surface area contributed by atoms with Gasteiger partial charge in [-0.2, -0.15) is 0 Å². The highest BCUT2D eigenvalue weighted by atomic mass is 19.1. The molecular formula is C20H17F3N2O2. The van der Waals surface area contributed by atoms with E-state index < -0.39 is 17.7 Å². The molecule has 0 bridgehead atoms. The Bertz CT molecular complexity index is 1010. The third kappa shape index (κ3) is 3.25. The van der Waals surface area contributed by atoms with E-state index in [1.165, 1.54) is 18.2 Å². The average Bonchev–Trinajstić information content (AvgIpc) is 2.93. The molecular weight excluding hydrogens is 357 g/mol. The lowest BCUT2D eigenvalue weighted by Gasteiger charge is -2.35. The third-order valence-corrected chi connectivity index (χ3v) is 5.10. The topological polar surface area (TPSA) is 68.1 Å². The number of benzene rings is 2. The minimum atomic E-state index is -0.818. The maximum atomic E-state index is 14.3. The highest BCUT2D eigenvalue weighted by Gasteiger charge is 2.35. The van der Waals surface area contributed by atoms with Crippen LogP contribution < -0.4 is 5.73 Å². The summed E-state index contributed by atoms with van der Waals surface area (Å²) in [6, 6.07) is 8.00. The zero-order chi connectivity index (χ0) is 19.1. The van der Waals surface area contributed by atoms with Crippen molar-refractivity contribution in [2.24, 2.45) is 11.7 Å². The Balaban J connectivity index is 1.74. The predicted octanol–water partition coefficient (Wildman–Crippen LogP) is 4.84. The Labute approximate surface area is 153 Å². The minimum absolute atomic E-state index is 0.0430. The number of primary amides is 1. The van der Waals surface area contributed by atoms with Crippen molar-refractivity contribution in [1.82, 2.24) is 4.98 Å². The molecule has 1 saturated carbocycles. The second-order valence-corrected chi connectivity index (χ2v) is 6.90. The van der Waals surface area contributed by atoms with Crippen molar-refractivity contribution in [1.29, 1.82) is 0 Å². The van der Waals surface area contributed by atoms with Gasteiger partial charge in [0.05, 0.1) is 17.8 Å². The molecule has 0 saturated heterocycles. The summed E-state index contributed by atoms with van der Waals surface area (Å²) < 4.78 is 46.3. The summed E-state index contributed by atoms with van der Waals surface area (Å²) in [4.78, 5) is 13.8. The van der Waals surface area contributed by atoms with Gasteiger partial charge in [-0.15, -0.1) is 0 Å². The number of H-pyrrole nitrogens is 1. The van der Waals surface area contributed by atoms with E-state index in [1.54, 1.807) is 12.1 Å². The Morgan fingerprint density at radius 1 is 1.11 bits per heavy atom. The molecule has 3 N–H and O–H groups in total. The molecule has 1 fully saturated rings. The molecule has 0 radical (unpaired) electrons. The molecule has 1 aliphatic rings. The smallest absolute Gasteiger partial charge is 0.404 e. The van der Waals surface area contributed by atoms with Crippen LogP contribution >= 0.6 is 0 Å². The van der Waals surface area contributed by atoms with Crippen molar-refractivity contribution in [3.8, 4) is 11.3 Å². The first kappa shape index (κ1) is 17.5. The van der Waals surface area contributed by atoms with Crippen molar-refractivity contribution in [2.75, 3.05) is 6.61 Å². The summed E-state index contributed by atoms with van der Waals surface area (Å²) >= 11 is 0. The molecule has 2 aromatic carbocycles. The molecule has 1 amide bonds. The molecule has 1 aliphatic carbocycles. The van der Waals surface area contributed by atoms with Gasteiger partial charge in [-0.1, -0.05) is 0 Å². The van der Waals surface area contributed by atoms with Crippen LogP contribution in [0.1, 0.15) is 24.3 Å². The number of aromatic amines is 1. The molecule has 27 heavy (non-hydrogen) atoms. The number of amides is 1. The van der Waals surface area contributed by atoms with Crippen molar-refractivity contribution in [2.45, 2.75) is 18.8 Å². The molecule has 0 aliphatic heterocycles. The molecule has 1 aromatic heterocycles. The lowest BCUT2D eigenvalue weighted by atomic mass is 9.70. The summed E-state index contributed by atoms with van der Waals surface area (Å²) in [6.45, 7) is 0.225. The molecule has 140 valence electrons. The van der Waals surface area contributed by atoms with Crippen molar-refractivity contribution in [3.05, 3.63) is 59.4 Å². The van der Waals surface area contributed by atoms with Crippen molar-refractivity contribution in [3.63, 3.8) is 0 Å². The lowest BCUT2D eigenvalue weighted by molar-refractivity contribution is 0.102. The van der Waals surface area contributed by atoms with Gasteiger partial charge in [0.1, 0.15) is 17.5 Å². The number of ether oxygens (including phenoxy) is 1. The summed E-state index contributed by atoms with van der Waals surface area (Å²) in [5, 5.41) is 0.478. The number of nitrogens with one attached hydrogen (secondary N) is 1. The van der Waals surface area contributed by atoms with Crippen LogP contribution in [0.2, 0.25) is 0 Å². The molecule has 7 heteroatoms. The van der Waals surface area contributed by atoms with Crippen LogP contribution in [0.25, 0.3) is 22.2 Å². The Kier molecular flexibility index (Phi) is 4.30. The second-order valence-electron chi connectivity index (χ2n) is 6.90. The Hall–Kier alpha value is -2.96. The number of hydrogen-bond donors (Lipinski definition) is 2. The van der Waals surface area contributed by atoms with Gasteiger partial charge >= 0.3 is 6.09 Å². The van der Waals surface area contributed by atoms with Crippen LogP contribution in [0.5, 0.6) is 0 Å². The highest BCUT2D eigenvalue weighted by molar-refractivity contribution is 5.92. The SMILES string of the molecule is NC(=O)OCC1CC(c2c(-c3ccc(F)cc3)[nH]c3c(F)cc(F)cc23)C1.